The van der Waals surface area contributed by atoms with Crippen LogP contribution in [-0.2, 0) is 6.42 Å². The smallest absolute Gasteiger partial charge is 0.0409 e. The molecule has 0 heterocycles. The third-order valence-electron chi connectivity index (χ3n) is 4.23. The normalized spacial score (nSPS) is 21.3. The molecule has 1 aromatic rings. The lowest BCUT2D eigenvalue weighted by atomic mass is 9.84. The highest BCUT2D eigenvalue weighted by Crippen LogP contribution is 2.46. The second kappa shape index (κ2) is 5.22. The summed E-state index contributed by atoms with van der Waals surface area (Å²) in [4.78, 5) is 0. The van der Waals surface area contributed by atoms with E-state index in [-0.39, 0.29) is 5.41 Å². The highest BCUT2D eigenvalue weighted by atomic mass is 35.5. The average Bonchev–Trinajstić information content (AvgIpc) is 2.56. The monoisotopic (exact) mass is 265 g/mol. The third-order valence-corrected chi connectivity index (χ3v) is 4.47. The van der Waals surface area contributed by atoms with E-state index in [2.05, 4.69) is 45.1 Å². The number of benzene rings is 1. The van der Waals surface area contributed by atoms with Gasteiger partial charge < -0.3 is 5.32 Å². The van der Waals surface area contributed by atoms with Crippen molar-refractivity contribution in [2.24, 2.45) is 5.41 Å². The van der Waals surface area contributed by atoms with Gasteiger partial charge >= 0.3 is 0 Å². The van der Waals surface area contributed by atoms with Crippen LogP contribution in [0, 0.1) is 5.41 Å². The van der Waals surface area contributed by atoms with Gasteiger partial charge in [0.1, 0.15) is 0 Å². The minimum Gasteiger partial charge on any atom is -0.307 e. The minimum atomic E-state index is 0.273. The van der Waals surface area contributed by atoms with Crippen LogP contribution in [0.3, 0.4) is 0 Å². The number of halogens is 1. The van der Waals surface area contributed by atoms with Crippen molar-refractivity contribution in [1.82, 2.24) is 5.32 Å². The molecule has 0 radical (unpaired) electrons. The molecule has 0 bridgehead atoms. The number of hydrogen-bond donors (Lipinski definition) is 1. The van der Waals surface area contributed by atoms with Gasteiger partial charge in [0, 0.05) is 17.1 Å². The van der Waals surface area contributed by atoms with Crippen LogP contribution in [0.2, 0.25) is 5.02 Å². The standard InChI is InChI=1S/C16H24ClN/c1-5-13(6-2)18-15-14-9-12(17)8-7-11(14)10-16(15,3)4/h7-9,13,15,18H,5-6,10H2,1-4H3. The Hall–Kier alpha value is -0.530. The van der Waals surface area contributed by atoms with Crippen LogP contribution in [0.5, 0.6) is 0 Å². The van der Waals surface area contributed by atoms with Crippen LogP contribution >= 0.6 is 11.6 Å². The van der Waals surface area contributed by atoms with Gasteiger partial charge in [-0.2, -0.15) is 0 Å². The number of nitrogens with one attached hydrogen (secondary N) is 1. The summed E-state index contributed by atoms with van der Waals surface area (Å²) >= 11 is 6.16. The summed E-state index contributed by atoms with van der Waals surface area (Å²) in [6, 6.07) is 7.37. The molecular weight excluding hydrogens is 242 g/mol. The molecule has 1 N–H and O–H groups in total. The van der Waals surface area contributed by atoms with E-state index in [0.29, 0.717) is 12.1 Å². The van der Waals surface area contributed by atoms with Crippen molar-refractivity contribution in [2.45, 2.75) is 59.0 Å². The first-order valence-electron chi connectivity index (χ1n) is 7.02. The lowest BCUT2D eigenvalue weighted by molar-refractivity contribution is 0.242. The molecule has 0 aliphatic heterocycles. The largest absolute Gasteiger partial charge is 0.307 e. The summed E-state index contributed by atoms with van der Waals surface area (Å²) in [5.41, 5.74) is 3.13. The zero-order valence-corrected chi connectivity index (χ0v) is 12.6. The number of rotatable bonds is 4. The molecule has 2 heteroatoms. The molecule has 1 atom stereocenters. The molecule has 1 unspecified atom stereocenters. The molecule has 0 fully saturated rings. The summed E-state index contributed by atoms with van der Waals surface area (Å²) in [5.74, 6) is 0. The van der Waals surface area contributed by atoms with Crippen LogP contribution in [0.15, 0.2) is 18.2 Å². The van der Waals surface area contributed by atoms with E-state index < -0.39 is 0 Å². The van der Waals surface area contributed by atoms with Crippen molar-refractivity contribution in [3.63, 3.8) is 0 Å². The molecule has 100 valence electrons. The van der Waals surface area contributed by atoms with Crippen LogP contribution in [-0.4, -0.2) is 6.04 Å². The summed E-state index contributed by atoms with van der Waals surface area (Å²) < 4.78 is 0. The summed E-state index contributed by atoms with van der Waals surface area (Å²) in [6.45, 7) is 9.20. The maximum Gasteiger partial charge on any atom is 0.0409 e. The van der Waals surface area contributed by atoms with Gasteiger partial charge in [0.25, 0.3) is 0 Å². The first kappa shape index (κ1) is 13.9. The Morgan fingerprint density at radius 3 is 2.61 bits per heavy atom. The Labute approximate surface area is 116 Å². The third kappa shape index (κ3) is 2.57. The fourth-order valence-electron chi connectivity index (χ4n) is 3.08. The number of fused-ring (bicyclic) bond motifs is 1. The zero-order valence-electron chi connectivity index (χ0n) is 11.9. The zero-order chi connectivity index (χ0) is 13.3. The second-order valence-electron chi connectivity index (χ2n) is 6.12. The molecule has 1 aromatic carbocycles. The van der Waals surface area contributed by atoms with Crippen LogP contribution in [0.4, 0.5) is 0 Å². The predicted octanol–water partition coefficient (Wildman–Crippen LogP) is 4.74. The lowest BCUT2D eigenvalue weighted by Gasteiger charge is -2.32. The van der Waals surface area contributed by atoms with Crippen molar-refractivity contribution in [1.29, 1.82) is 0 Å². The van der Waals surface area contributed by atoms with Gasteiger partial charge in [-0.25, -0.2) is 0 Å². The van der Waals surface area contributed by atoms with E-state index in [9.17, 15) is 0 Å². The van der Waals surface area contributed by atoms with Crippen molar-refractivity contribution in [3.8, 4) is 0 Å². The molecule has 2 rings (SSSR count). The van der Waals surface area contributed by atoms with Crippen LogP contribution in [0.1, 0.15) is 57.7 Å². The number of hydrogen-bond acceptors (Lipinski definition) is 1. The minimum absolute atomic E-state index is 0.273. The van der Waals surface area contributed by atoms with Gasteiger partial charge in [0.05, 0.1) is 0 Å². The Morgan fingerprint density at radius 2 is 2.00 bits per heavy atom. The van der Waals surface area contributed by atoms with Crippen molar-refractivity contribution in [3.05, 3.63) is 34.3 Å². The highest BCUT2D eigenvalue weighted by Gasteiger charge is 2.39. The quantitative estimate of drug-likeness (QED) is 0.829. The Kier molecular flexibility index (Phi) is 4.03. The molecule has 1 aliphatic carbocycles. The molecule has 0 aromatic heterocycles. The molecule has 0 saturated carbocycles. The van der Waals surface area contributed by atoms with E-state index in [1.54, 1.807) is 0 Å². The summed E-state index contributed by atoms with van der Waals surface area (Å²) in [7, 11) is 0. The Balaban J connectivity index is 2.30. The van der Waals surface area contributed by atoms with Crippen molar-refractivity contribution in [2.75, 3.05) is 0 Å². The van der Waals surface area contributed by atoms with Gasteiger partial charge in [-0.1, -0.05) is 45.4 Å². The SMILES string of the molecule is CCC(CC)NC1c2cc(Cl)ccc2CC1(C)C. The molecule has 0 spiro atoms. The van der Waals surface area contributed by atoms with E-state index in [1.165, 1.54) is 24.0 Å². The maximum atomic E-state index is 6.16. The first-order chi connectivity index (χ1) is 8.47. The summed E-state index contributed by atoms with van der Waals surface area (Å²) in [5, 5.41) is 4.68. The highest BCUT2D eigenvalue weighted by molar-refractivity contribution is 6.30. The van der Waals surface area contributed by atoms with Crippen molar-refractivity contribution >= 4 is 11.6 Å². The molecule has 1 aliphatic rings. The fraction of sp³-hybridized carbons (Fsp3) is 0.625. The molecule has 0 saturated heterocycles. The second-order valence-corrected chi connectivity index (χ2v) is 6.56. The van der Waals surface area contributed by atoms with Gasteiger partial charge in [0.15, 0.2) is 0 Å². The predicted molar refractivity (Wildman–Crippen MR) is 79.2 cm³/mol. The van der Waals surface area contributed by atoms with Gasteiger partial charge in [0.2, 0.25) is 0 Å². The van der Waals surface area contributed by atoms with Crippen LogP contribution in [0.25, 0.3) is 0 Å². The molecule has 1 nitrogen and oxygen atoms in total. The van der Waals surface area contributed by atoms with Crippen molar-refractivity contribution < 1.29 is 0 Å². The first-order valence-corrected chi connectivity index (χ1v) is 7.40. The summed E-state index contributed by atoms with van der Waals surface area (Å²) in [6.07, 6.45) is 3.50. The molecule has 18 heavy (non-hydrogen) atoms. The fourth-order valence-corrected chi connectivity index (χ4v) is 3.27. The van der Waals surface area contributed by atoms with E-state index in [0.717, 1.165) is 11.4 Å². The van der Waals surface area contributed by atoms with Crippen LogP contribution < -0.4 is 5.32 Å². The Morgan fingerprint density at radius 1 is 1.33 bits per heavy atom. The molecule has 0 amide bonds. The van der Waals surface area contributed by atoms with Gasteiger partial charge in [-0.05, 0) is 47.9 Å². The average molecular weight is 266 g/mol. The molecular formula is C16H24ClN. The van der Waals surface area contributed by atoms with Gasteiger partial charge in [-0.15, -0.1) is 0 Å². The van der Waals surface area contributed by atoms with Gasteiger partial charge in [-0.3, -0.25) is 0 Å². The lowest BCUT2D eigenvalue weighted by Crippen LogP contribution is -2.37. The maximum absolute atomic E-state index is 6.16. The topological polar surface area (TPSA) is 12.0 Å². The van der Waals surface area contributed by atoms with E-state index >= 15 is 0 Å². The Bertz CT molecular complexity index is 421. The van der Waals surface area contributed by atoms with E-state index in [4.69, 9.17) is 11.6 Å². The van der Waals surface area contributed by atoms with E-state index in [1.807, 2.05) is 6.07 Å².